The van der Waals surface area contributed by atoms with Crippen molar-refractivity contribution in [3.8, 4) is 0 Å². The standard InChI is InChI=1S/C23H33F3O4/c1-13(27)29-15-7-10-21(4)18-8-9-20(3)17(5-6-19(20)30-14(2)28)16(18)12-23(25,26)22(21,24)11-15/h15-19H,5-12H2,1-4H3/t15-,16+,17?,18?,19?,20+,21-,22-/m1/s1. The first-order chi connectivity index (χ1) is 13.8. The summed E-state index contributed by atoms with van der Waals surface area (Å²) in [4.78, 5) is 22.9. The van der Waals surface area contributed by atoms with Crippen molar-refractivity contribution in [1.82, 2.24) is 0 Å². The number of fused-ring (bicyclic) bond motifs is 5. The Morgan fingerprint density at radius 1 is 0.833 bits per heavy atom. The molecule has 4 saturated carbocycles. The summed E-state index contributed by atoms with van der Waals surface area (Å²) >= 11 is 0. The second-order valence-corrected chi connectivity index (χ2v) is 10.7. The number of alkyl halides is 3. The smallest absolute Gasteiger partial charge is 0.302 e. The van der Waals surface area contributed by atoms with Gasteiger partial charge in [0.25, 0.3) is 5.92 Å². The number of esters is 2. The number of ether oxygens (including phenoxy) is 2. The van der Waals surface area contributed by atoms with E-state index in [9.17, 15) is 9.59 Å². The number of carbonyl (C=O) groups excluding carboxylic acids is 2. The summed E-state index contributed by atoms with van der Waals surface area (Å²) in [6.45, 7) is 6.37. The van der Waals surface area contributed by atoms with Crippen LogP contribution in [-0.2, 0) is 19.1 Å². The van der Waals surface area contributed by atoms with Crippen LogP contribution in [0.3, 0.4) is 0 Å². The van der Waals surface area contributed by atoms with E-state index in [0.29, 0.717) is 19.3 Å². The molecule has 0 aromatic rings. The maximum atomic E-state index is 16.3. The highest BCUT2D eigenvalue weighted by Gasteiger charge is 2.75. The number of halogens is 3. The van der Waals surface area contributed by atoms with Gasteiger partial charge in [-0.1, -0.05) is 13.8 Å². The Balaban J connectivity index is 1.65. The molecule has 4 nitrogen and oxygen atoms in total. The Labute approximate surface area is 176 Å². The fraction of sp³-hybridized carbons (Fsp3) is 0.913. The van der Waals surface area contributed by atoms with Crippen LogP contribution in [0.1, 0.15) is 79.1 Å². The predicted molar refractivity (Wildman–Crippen MR) is 104 cm³/mol. The van der Waals surface area contributed by atoms with E-state index in [1.54, 1.807) is 6.92 Å². The molecule has 4 aliphatic carbocycles. The van der Waals surface area contributed by atoms with Gasteiger partial charge in [0, 0.05) is 37.5 Å². The molecular formula is C23H33F3O4. The van der Waals surface area contributed by atoms with Crippen molar-refractivity contribution in [3.05, 3.63) is 0 Å². The van der Waals surface area contributed by atoms with Gasteiger partial charge in [-0.15, -0.1) is 0 Å². The normalized spacial score (nSPS) is 49.4. The van der Waals surface area contributed by atoms with E-state index in [1.165, 1.54) is 13.8 Å². The van der Waals surface area contributed by atoms with E-state index in [-0.39, 0.29) is 41.7 Å². The Morgan fingerprint density at radius 2 is 1.50 bits per heavy atom. The summed E-state index contributed by atoms with van der Waals surface area (Å²) in [5, 5.41) is 0. The van der Waals surface area contributed by atoms with Gasteiger partial charge >= 0.3 is 11.9 Å². The van der Waals surface area contributed by atoms with Crippen LogP contribution in [0, 0.1) is 28.6 Å². The van der Waals surface area contributed by atoms with E-state index in [2.05, 4.69) is 6.92 Å². The average molecular weight is 431 g/mol. The van der Waals surface area contributed by atoms with Crippen LogP contribution >= 0.6 is 0 Å². The van der Waals surface area contributed by atoms with E-state index in [4.69, 9.17) is 9.47 Å². The molecule has 0 radical (unpaired) electrons. The summed E-state index contributed by atoms with van der Waals surface area (Å²) < 4.78 is 58.1. The zero-order valence-corrected chi connectivity index (χ0v) is 18.3. The van der Waals surface area contributed by atoms with Gasteiger partial charge < -0.3 is 9.47 Å². The van der Waals surface area contributed by atoms with Gasteiger partial charge in [0.15, 0.2) is 5.67 Å². The molecule has 0 N–H and O–H groups in total. The summed E-state index contributed by atoms with van der Waals surface area (Å²) in [7, 11) is 0. The highest BCUT2D eigenvalue weighted by Crippen LogP contribution is 2.71. The Morgan fingerprint density at radius 3 is 2.13 bits per heavy atom. The second-order valence-electron chi connectivity index (χ2n) is 10.7. The zero-order chi connectivity index (χ0) is 22.1. The third-order valence-electron chi connectivity index (χ3n) is 9.28. The van der Waals surface area contributed by atoms with Crippen molar-refractivity contribution in [1.29, 1.82) is 0 Å². The molecular weight excluding hydrogens is 397 g/mol. The van der Waals surface area contributed by atoms with Gasteiger partial charge in [-0.2, -0.15) is 0 Å². The fourth-order valence-electron chi connectivity index (χ4n) is 7.86. The molecule has 0 spiro atoms. The molecule has 0 aromatic heterocycles. The maximum absolute atomic E-state index is 16.3. The van der Waals surface area contributed by atoms with Crippen molar-refractivity contribution in [2.24, 2.45) is 28.6 Å². The monoisotopic (exact) mass is 430 g/mol. The molecule has 3 unspecified atom stereocenters. The molecule has 0 bridgehead atoms. The van der Waals surface area contributed by atoms with Gasteiger partial charge in [0.2, 0.25) is 0 Å². The molecule has 170 valence electrons. The first-order valence-corrected chi connectivity index (χ1v) is 11.3. The third-order valence-corrected chi connectivity index (χ3v) is 9.28. The fourth-order valence-corrected chi connectivity index (χ4v) is 7.86. The molecule has 30 heavy (non-hydrogen) atoms. The number of carbonyl (C=O) groups is 2. The minimum absolute atomic E-state index is 0.000886. The third kappa shape index (κ3) is 2.93. The van der Waals surface area contributed by atoms with Gasteiger partial charge in [-0.05, 0) is 56.3 Å². The molecule has 0 aromatic carbocycles. The summed E-state index contributed by atoms with van der Waals surface area (Å²) in [6, 6.07) is 0. The molecule has 7 heteroatoms. The van der Waals surface area contributed by atoms with Crippen molar-refractivity contribution >= 4 is 11.9 Å². The average Bonchev–Trinajstić information content (AvgIpc) is 2.93. The van der Waals surface area contributed by atoms with Crippen molar-refractivity contribution < 1.29 is 32.2 Å². The molecule has 0 saturated heterocycles. The summed E-state index contributed by atoms with van der Waals surface area (Å²) in [5.74, 6) is -4.82. The summed E-state index contributed by atoms with van der Waals surface area (Å²) in [5.41, 5.74) is -4.16. The highest BCUT2D eigenvalue weighted by molar-refractivity contribution is 5.66. The first-order valence-electron chi connectivity index (χ1n) is 11.3. The number of rotatable bonds is 2. The van der Waals surface area contributed by atoms with Crippen molar-refractivity contribution in [3.63, 3.8) is 0 Å². The lowest BCUT2D eigenvalue weighted by Gasteiger charge is -2.64. The predicted octanol–water partition coefficient (Wildman–Crippen LogP) is 5.23. The Hall–Kier alpha value is -1.27. The SMILES string of the molecule is CC(=O)OC1CCC2[C@@H]3CC(F)(F)[C@@]4(F)C[C@H](OC(C)=O)CC[C@]4(C)C3CC[C@]12C. The first kappa shape index (κ1) is 21.9. The molecule has 0 heterocycles. The molecule has 4 aliphatic rings. The van der Waals surface area contributed by atoms with E-state index >= 15 is 13.2 Å². The minimum atomic E-state index is -3.49. The second kappa shape index (κ2) is 6.86. The van der Waals surface area contributed by atoms with Crippen LogP contribution in [0.5, 0.6) is 0 Å². The molecule has 0 aliphatic heterocycles. The van der Waals surface area contributed by atoms with Crippen LogP contribution in [0.2, 0.25) is 0 Å². The van der Waals surface area contributed by atoms with E-state index in [0.717, 1.165) is 12.8 Å². The molecule has 4 fully saturated rings. The number of hydrogen-bond acceptors (Lipinski definition) is 4. The van der Waals surface area contributed by atoms with E-state index < -0.39 is 41.9 Å². The zero-order valence-electron chi connectivity index (χ0n) is 18.3. The Bertz CT molecular complexity index is 742. The molecule has 8 atom stereocenters. The van der Waals surface area contributed by atoms with Crippen LogP contribution in [0.25, 0.3) is 0 Å². The topological polar surface area (TPSA) is 52.6 Å². The van der Waals surface area contributed by atoms with Crippen LogP contribution in [-0.4, -0.2) is 35.7 Å². The van der Waals surface area contributed by atoms with Crippen LogP contribution < -0.4 is 0 Å². The Kier molecular flexibility index (Phi) is 5.02. The largest absolute Gasteiger partial charge is 0.462 e. The van der Waals surface area contributed by atoms with Crippen molar-refractivity contribution in [2.45, 2.75) is 103 Å². The minimum Gasteiger partial charge on any atom is -0.462 e. The maximum Gasteiger partial charge on any atom is 0.302 e. The van der Waals surface area contributed by atoms with Crippen molar-refractivity contribution in [2.75, 3.05) is 0 Å². The van der Waals surface area contributed by atoms with Gasteiger partial charge in [0.05, 0.1) is 0 Å². The van der Waals surface area contributed by atoms with E-state index in [1.807, 2.05) is 0 Å². The number of hydrogen-bond donors (Lipinski definition) is 0. The lowest BCUT2D eigenvalue weighted by molar-refractivity contribution is -0.295. The highest BCUT2D eigenvalue weighted by atomic mass is 19.3. The summed E-state index contributed by atoms with van der Waals surface area (Å²) in [6.07, 6.45) is 1.57. The lowest BCUT2D eigenvalue weighted by Crippen LogP contribution is -2.69. The van der Waals surface area contributed by atoms with Crippen LogP contribution in [0.15, 0.2) is 0 Å². The quantitative estimate of drug-likeness (QED) is 0.563. The molecule has 4 rings (SSSR count). The lowest BCUT2D eigenvalue weighted by atomic mass is 9.43. The van der Waals surface area contributed by atoms with Gasteiger partial charge in [-0.3, -0.25) is 9.59 Å². The van der Waals surface area contributed by atoms with Crippen LogP contribution in [0.4, 0.5) is 13.2 Å². The van der Waals surface area contributed by atoms with Gasteiger partial charge in [-0.25, -0.2) is 13.2 Å². The molecule has 0 amide bonds. The van der Waals surface area contributed by atoms with Gasteiger partial charge in [0.1, 0.15) is 12.2 Å².